The van der Waals surface area contributed by atoms with E-state index in [1.165, 1.54) is 7.11 Å². The number of carbonyl (C=O) groups is 1. The summed E-state index contributed by atoms with van der Waals surface area (Å²) in [5.41, 5.74) is -0.627. The fourth-order valence-electron chi connectivity index (χ4n) is 2.25. The average molecular weight is 243 g/mol. The van der Waals surface area contributed by atoms with Gasteiger partial charge in [-0.2, -0.15) is 0 Å². The molecule has 1 saturated heterocycles. The van der Waals surface area contributed by atoms with Gasteiger partial charge in [0.05, 0.1) is 13.2 Å². The molecule has 0 radical (unpaired) electrons. The highest BCUT2D eigenvalue weighted by Crippen LogP contribution is 2.22. The Balaban J connectivity index is 2.54. The van der Waals surface area contributed by atoms with E-state index in [-0.39, 0.29) is 12.1 Å². The Kier molecular flexibility index (Phi) is 4.95. The summed E-state index contributed by atoms with van der Waals surface area (Å²) in [6.45, 7) is 8.81. The van der Waals surface area contributed by atoms with Crippen LogP contribution in [0, 0.1) is 5.92 Å². The third-order valence-electron chi connectivity index (χ3n) is 3.32. The second-order valence-electron chi connectivity index (χ2n) is 5.64. The highest BCUT2D eigenvalue weighted by atomic mass is 16.5. The minimum Gasteiger partial charge on any atom is -0.468 e. The minimum atomic E-state index is -0.627. The van der Waals surface area contributed by atoms with Crippen molar-refractivity contribution in [3.8, 4) is 0 Å². The van der Waals surface area contributed by atoms with Crippen LogP contribution in [0.5, 0.6) is 0 Å². The Hall–Kier alpha value is -0.610. The van der Waals surface area contributed by atoms with Crippen LogP contribution in [-0.2, 0) is 14.3 Å². The number of methoxy groups -OCH3 is 1. The fraction of sp³-hybridized carbons (Fsp3) is 0.923. The molecule has 1 rings (SSSR count). The van der Waals surface area contributed by atoms with Crippen LogP contribution in [0.3, 0.4) is 0 Å². The summed E-state index contributed by atoms with van der Waals surface area (Å²) >= 11 is 0. The van der Waals surface area contributed by atoms with Crippen molar-refractivity contribution in [1.29, 1.82) is 0 Å². The van der Waals surface area contributed by atoms with Gasteiger partial charge >= 0.3 is 5.97 Å². The van der Waals surface area contributed by atoms with Crippen LogP contribution in [0.1, 0.15) is 40.5 Å². The first kappa shape index (κ1) is 14.5. The van der Waals surface area contributed by atoms with Crippen LogP contribution in [0.15, 0.2) is 0 Å². The third-order valence-corrected chi connectivity index (χ3v) is 3.32. The quantitative estimate of drug-likeness (QED) is 0.764. The number of hydrogen-bond donors (Lipinski definition) is 1. The number of esters is 1. The number of nitrogens with one attached hydrogen (secondary N) is 1. The number of rotatable bonds is 4. The molecule has 0 aromatic rings. The first-order valence-electron chi connectivity index (χ1n) is 6.34. The van der Waals surface area contributed by atoms with Gasteiger partial charge in [-0.3, -0.25) is 10.1 Å². The maximum atomic E-state index is 11.6. The molecule has 1 heterocycles. The van der Waals surface area contributed by atoms with Gasteiger partial charge in [0.1, 0.15) is 5.54 Å². The first-order chi connectivity index (χ1) is 7.86. The smallest absolute Gasteiger partial charge is 0.325 e. The van der Waals surface area contributed by atoms with E-state index in [4.69, 9.17) is 9.47 Å². The molecule has 1 aliphatic heterocycles. The van der Waals surface area contributed by atoms with Crippen LogP contribution in [0.2, 0.25) is 0 Å². The fourth-order valence-corrected chi connectivity index (χ4v) is 2.25. The largest absolute Gasteiger partial charge is 0.468 e. The molecule has 0 aliphatic carbocycles. The van der Waals surface area contributed by atoms with Crippen molar-refractivity contribution in [2.24, 2.45) is 5.92 Å². The topological polar surface area (TPSA) is 47.6 Å². The standard InChI is InChI=1S/C13H25NO3/c1-9(2)11-8-10(6-7-17-11)14-13(3,4)12(15)16-5/h9-11,14H,6-8H2,1-5H3. The molecule has 0 aromatic carbocycles. The zero-order valence-electron chi connectivity index (χ0n) is 11.6. The highest BCUT2D eigenvalue weighted by molar-refractivity contribution is 5.79. The molecule has 0 amide bonds. The summed E-state index contributed by atoms with van der Waals surface area (Å²) in [7, 11) is 1.42. The molecule has 4 heteroatoms. The molecule has 0 bridgehead atoms. The van der Waals surface area contributed by atoms with Gasteiger partial charge in [0.2, 0.25) is 0 Å². The predicted molar refractivity (Wildman–Crippen MR) is 66.8 cm³/mol. The summed E-state index contributed by atoms with van der Waals surface area (Å²) in [5, 5.41) is 3.38. The molecule has 0 spiro atoms. The maximum Gasteiger partial charge on any atom is 0.325 e. The van der Waals surface area contributed by atoms with E-state index in [9.17, 15) is 4.79 Å². The molecule has 2 atom stereocenters. The Labute approximate surface area is 104 Å². The van der Waals surface area contributed by atoms with Crippen LogP contribution >= 0.6 is 0 Å². The lowest BCUT2D eigenvalue weighted by Crippen LogP contribution is -2.54. The zero-order valence-corrected chi connectivity index (χ0v) is 11.6. The number of hydrogen-bond acceptors (Lipinski definition) is 4. The van der Waals surface area contributed by atoms with Crippen molar-refractivity contribution >= 4 is 5.97 Å². The van der Waals surface area contributed by atoms with E-state index in [2.05, 4.69) is 19.2 Å². The molecule has 4 nitrogen and oxygen atoms in total. The van der Waals surface area contributed by atoms with E-state index in [1.54, 1.807) is 0 Å². The second-order valence-corrected chi connectivity index (χ2v) is 5.64. The average Bonchev–Trinajstić information content (AvgIpc) is 2.27. The molecule has 1 fully saturated rings. The van der Waals surface area contributed by atoms with Crippen LogP contribution in [0.4, 0.5) is 0 Å². The Morgan fingerprint density at radius 3 is 2.65 bits per heavy atom. The monoisotopic (exact) mass is 243 g/mol. The van der Waals surface area contributed by atoms with Crippen LogP contribution in [0.25, 0.3) is 0 Å². The van der Waals surface area contributed by atoms with E-state index < -0.39 is 5.54 Å². The lowest BCUT2D eigenvalue weighted by Gasteiger charge is -2.36. The molecule has 17 heavy (non-hydrogen) atoms. The van der Waals surface area contributed by atoms with Gasteiger partial charge in [0.15, 0.2) is 0 Å². The van der Waals surface area contributed by atoms with Crippen molar-refractivity contribution in [2.75, 3.05) is 13.7 Å². The lowest BCUT2D eigenvalue weighted by atomic mass is 9.93. The SMILES string of the molecule is COC(=O)C(C)(C)NC1CCOC(C(C)C)C1. The van der Waals surface area contributed by atoms with E-state index in [0.29, 0.717) is 12.0 Å². The van der Waals surface area contributed by atoms with Gasteiger partial charge in [0.25, 0.3) is 0 Å². The predicted octanol–water partition coefficient (Wildman–Crippen LogP) is 1.73. The Morgan fingerprint density at radius 1 is 1.47 bits per heavy atom. The molecule has 2 unspecified atom stereocenters. The first-order valence-corrected chi connectivity index (χ1v) is 6.34. The highest BCUT2D eigenvalue weighted by Gasteiger charge is 2.34. The normalized spacial score (nSPS) is 26.0. The maximum absolute atomic E-state index is 11.6. The van der Waals surface area contributed by atoms with Crippen LogP contribution in [-0.4, -0.2) is 37.4 Å². The Bertz CT molecular complexity index is 263. The summed E-state index contributed by atoms with van der Waals surface area (Å²) in [6, 6.07) is 0.324. The van der Waals surface area contributed by atoms with Gasteiger partial charge in [0, 0.05) is 12.6 Å². The minimum absolute atomic E-state index is 0.218. The molecule has 100 valence electrons. The van der Waals surface area contributed by atoms with Crippen molar-refractivity contribution in [3.63, 3.8) is 0 Å². The van der Waals surface area contributed by atoms with Crippen molar-refractivity contribution in [1.82, 2.24) is 5.32 Å². The number of carbonyl (C=O) groups excluding carboxylic acids is 1. The van der Waals surface area contributed by atoms with Crippen LogP contribution < -0.4 is 5.32 Å². The van der Waals surface area contributed by atoms with Crippen molar-refractivity contribution in [2.45, 2.75) is 58.2 Å². The third kappa shape index (κ3) is 3.96. The summed E-state index contributed by atoms with van der Waals surface area (Å²) in [6.07, 6.45) is 2.19. The molecule has 1 aliphatic rings. The molecule has 1 N–H and O–H groups in total. The summed E-state index contributed by atoms with van der Waals surface area (Å²) in [5.74, 6) is 0.297. The van der Waals surface area contributed by atoms with E-state index >= 15 is 0 Å². The van der Waals surface area contributed by atoms with Gasteiger partial charge in [-0.05, 0) is 32.6 Å². The summed E-state index contributed by atoms with van der Waals surface area (Å²) < 4.78 is 10.5. The van der Waals surface area contributed by atoms with Gasteiger partial charge in [-0.25, -0.2) is 0 Å². The molecule has 0 saturated carbocycles. The molecular formula is C13H25NO3. The van der Waals surface area contributed by atoms with Crippen molar-refractivity contribution in [3.05, 3.63) is 0 Å². The van der Waals surface area contributed by atoms with E-state index in [1.807, 2.05) is 13.8 Å². The Morgan fingerprint density at radius 2 is 2.12 bits per heavy atom. The molecular weight excluding hydrogens is 218 g/mol. The zero-order chi connectivity index (χ0) is 13.1. The van der Waals surface area contributed by atoms with E-state index in [0.717, 1.165) is 19.4 Å². The molecule has 0 aromatic heterocycles. The van der Waals surface area contributed by atoms with Crippen molar-refractivity contribution < 1.29 is 14.3 Å². The van der Waals surface area contributed by atoms with Gasteiger partial charge in [-0.1, -0.05) is 13.8 Å². The van der Waals surface area contributed by atoms with Gasteiger partial charge < -0.3 is 9.47 Å². The number of ether oxygens (including phenoxy) is 2. The lowest BCUT2D eigenvalue weighted by molar-refractivity contribution is -0.148. The summed E-state index contributed by atoms with van der Waals surface area (Å²) in [4.78, 5) is 11.6. The van der Waals surface area contributed by atoms with Gasteiger partial charge in [-0.15, -0.1) is 0 Å². The second kappa shape index (κ2) is 5.83.